The Morgan fingerprint density at radius 3 is 2.32 bits per heavy atom. The lowest BCUT2D eigenvalue weighted by Gasteiger charge is -2.08. The van der Waals surface area contributed by atoms with Crippen LogP contribution < -0.4 is 4.74 Å². The van der Waals surface area contributed by atoms with E-state index < -0.39 is 0 Å². The molecule has 6 heteroatoms. The Kier molecular flexibility index (Phi) is 4.80. The number of imidazole rings is 1. The highest BCUT2D eigenvalue weighted by Gasteiger charge is 2.14. The van der Waals surface area contributed by atoms with Crippen molar-refractivity contribution in [3.63, 3.8) is 0 Å². The van der Waals surface area contributed by atoms with Crippen molar-refractivity contribution in [2.24, 2.45) is 7.05 Å². The summed E-state index contributed by atoms with van der Waals surface area (Å²) in [6.07, 6.45) is 7.21. The van der Waals surface area contributed by atoms with Gasteiger partial charge in [-0.3, -0.25) is 4.98 Å². The second-order valence-electron chi connectivity index (χ2n) is 7.19. The molecule has 0 aliphatic heterocycles. The number of nitrogens with zero attached hydrogens (tertiary/aromatic N) is 4. The van der Waals surface area contributed by atoms with Crippen molar-refractivity contribution in [3.8, 4) is 45.7 Å². The number of pyridine rings is 1. The Morgan fingerprint density at radius 2 is 1.61 bits per heavy atom. The third-order valence-corrected chi connectivity index (χ3v) is 4.95. The van der Waals surface area contributed by atoms with E-state index in [1.165, 1.54) is 0 Å². The highest BCUT2D eigenvalue weighted by Crippen LogP contribution is 2.32. The van der Waals surface area contributed by atoms with Crippen molar-refractivity contribution in [1.82, 2.24) is 19.5 Å². The summed E-state index contributed by atoms with van der Waals surface area (Å²) in [5, 5.41) is 0. The molecular weight excluding hydrogens is 388 g/mol. The van der Waals surface area contributed by atoms with Crippen molar-refractivity contribution in [2.75, 3.05) is 0 Å². The van der Waals surface area contributed by atoms with Gasteiger partial charge in [0.25, 0.3) is 0 Å². The molecule has 0 spiro atoms. The molecule has 0 fully saturated rings. The van der Waals surface area contributed by atoms with Crippen molar-refractivity contribution in [2.45, 2.75) is 6.92 Å². The van der Waals surface area contributed by atoms with Crippen LogP contribution in [-0.2, 0) is 7.05 Å². The molecule has 3 aromatic heterocycles. The van der Waals surface area contributed by atoms with E-state index in [2.05, 4.69) is 15.0 Å². The predicted molar refractivity (Wildman–Crippen MR) is 119 cm³/mol. The van der Waals surface area contributed by atoms with E-state index in [4.69, 9.17) is 9.15 Å². The van der Waals surface area contributed by atoms with Crippen LogP contribution in [-0.4, -0.2) is 19.5 Å². The molecule has 0 amide bonds. The first-order valence-electron chi connectivity index (χ1n) is 9.91. The van der Waals surface area contributed by atoms with Gasteiger partial charge < -0.3 is 13.7 Å². The maximum Gasteiger partial charge on any atom is 0.227 e. The Bertz CT molecular complexity index is 1340. The Morgan fingerprint density at radius 1 is 0.871 bits per heavy atom. The van der Waals surface area contributed by atoms with Gasteiger partial charge in [0.15, 0.2) is 5.76 Å². The van der Waals surface area contributed by atoms with Gasteiger partial charge in [-0.15, -0.1) is 0 Å². The SMILES string of the molecule is Cc1nc(-c2cccc(Oc3cccc(-c4nccn4C)c3)c2)oc1-c1cccnc1. The number of oxazole rings is 1. The lowest BCUT2D eigenvalue weighted by atomic mass is 10.2. The van der Waals surface area contributed by atoms with Crippen molar-refractivity contribution >= 4 is 0 Å². The van der Waals surface area contributed by atoms with Crippen LogP contribution in [0.25, 0.3) is 34.2 Å². The lowest BCUT2D eigenvalue weighted by Crippen LogP contribution is -1.92. The van der Waals surface area contributed by atoms with Crippen LogP contribution in [0.1, 0.15) is 5.69 Å². The Labute approximate surface area is 179 Å². The van der Waals surface area contributed by atoms with Gasteiger partial charge in [0, 0.05) is 48.5 Å². The zero-order chi connectivity index (χ0) is 21.2. The summed E-state index contributed by atoms with van der Waals surface area (Å²) in [6, 6.07) is 19.4. The van der Waals surface area contributed by atoms with Gasteiger partial charge in [0.2, 0.25) is 5.89 Å². The summed E-state index contributed by atoms with van der Waals surface area (Å²) >= 11 is 0. The number of benzene rings is 2. The van der Waals surface area contributed by atoms with Gasteiger partial charge in [-0.1, -0.05) is 18.2 Å². The Balaban J connectivity index is 1.43. The molecule has 0 aliphatic rings. The van der Waals surface area contributed by atoms with Gasteiger partial charge >= 0.3 is 0 Å². The molecule has 152 valence electrons. The van der Waals surface area contributed by atoms with E-state index >= 15 is 0 Å². The summed E-state index contributed by atoms with van der Waals surface area (Å²) in [6.45, 7) is 1.93. The van der Waals surface area contributed by atoms with Crippen LogP contribution in [0.4, 0.5) is 0 Å². The van der Waals surface area contributed by atoms with Gasteiger partial charge in [0.05, 0.1) is 5.69 Å². The van der Waals surface area contributed by atoms with E-state index in [0.29, 0.717) is 11.6 Å². The van der Waals surface area contributed by atoms with Gasteiger partial charge in [-0.25, -0.2) is 9.97 Å². The zero-order valence-electron chi connectivity index (χ0n) is 17.2. The largest absolute Gasteiger partial charge is 0.457 e. The number of rotatable bonds is 5. The first-order valence-corrected chi connectivity index (χ1v) is 9.91. The fraction of sp³-hybridized carbons (Fsp3) is 0.0800. The molecule has 0 unspecified atom stereocenters. The first kappa shape index (κ1) is 18.8. The summed E-state index contributed by atoms with van der Waals surface area (Å²) < 4.78 is 14.2. The highest BCUT2D eigenvalue weighted by atomic mass is 16.5. The van der Waals surface area contributed by atoms with Crippen LogP contribution in [0.3, 0.4) is 0 Å². The summed E-state index contributed by atoms with van der Waals surface area (Å²) in [5.74, 6) is 3.59. The quantitative estimate of drug-likeness (QED) is 0.362. The molecule has 6 nitrogen and oxygen atoms in total. The monoisotopic (exact) mass is 408 g/mol. The molecule has 0 aliphatic carbocycles. The fourth-order valence-electron chi connectivity index (χ4n) is 3.46. The van der Waals surface area contributed by atoms with Crippen molar-refractivity contribution in [3.05, 3.63) is 91.1 Å². The molecule has 0 saturated carbocycles. The molecule has 0 bridgehead atoms. The summed E-state index contributed by atoms with van der Waals surface area (Å²) in [7, 11) is 1.97. The van der Waals surface area contributed by atoms with E-state index in [-0.39, 0.29) is 0 Å². The van der Waals surface area contributed by atoms with Gasteiger partial charge in [-0.05, 0) is 49.4 Å². The number of aryl methyl sites for hydroxylation is 2. The smallest absolute Gasteiger partial charge is 0.227 e. The lowest BCUT2D eigenvalue weighted by molar-refractivity contribution is 0.482. The van der Waals surface area contributed by atoms with E-state index in [1.54, 1.807) is 18.6 Å². The number of aromatic nitrogens is 4. The average Bonchev–Trinajstić information content (AvgIpc) is 3.40. The van der Waals surface area contributed by atoms with Gasteiger partial charge in [-0.2, -0.15) is 0 Å². The van der Waals surface area contributed by atoms with E-state index in [9.17, 15) is 0 Å². The maximum absolute atomic E-state index is 6.12. The molecule has 31 heavy (non-hydrogen) atoms. The normalized spacial score (nSPS) is 10.9. The third-order valence-electron chi connectivity index (χ3n) is 4.95. The number of ether oxygens (including phenoxy) is 1. The molecule has 2 aromatic carbocycles. The highest BCUT2D eigenvalue weighted by molar-refractivity contribution is 5.64. The van der Waals surface area contributed by atoms with E-state index in [0.717, 1.165) is 39.7 Å². The minimum Gasteiger partial charge on any atom is -0.457 e. The summed E-state index contributed by atoms with van der Waals surface area (Å²) in [4.78, 5) is 13.2. The zero-order valence-corrected chi connectivity index (χ0v) is 17.2. The fourth-order valence-corrected chi connectivity index (χ4v) is 3.46. The van der Waals surface area contributed by atoms with Crippen molar-refractivity contribution < 1.29 is 9.15 Å². The summed E-state index contributed by atoms with van der Waals surface area (Å²) in [5.41, 5.74) is 3.55. The third kappa shape index (κ3) is 3.83. The predicted octanol–water partition coefficient (Wildman–Crippen LogP) is 5.90. The standard InChI is InChI=1S/C25H20N4O2/c1-17-23(20-8-5-11-26-16-20)31-25(28-17)19-7-4-10-22(15-19)30-21-9-3-6-18(14-21)24-27-12-13-29(24)2/h3-16H,1-2H3. The Hall–Kier alpha value is -4.19. The molecule has 0 N–H and O–H groups in total. The van der Waals surface area contributed by atoms with Crippen LogP contribution in [0.2, 0.25) is 0 Å². The molecule has 5 rings (SSSR count). The molecule has 0 saturated heterocycles. The molecule has 0 radical (unpaired) electrons. The second kappa shape index (κ2) is 7.91. The van der Waals surface area contributed by atoms with Crippen LogP contribution in [0, 0.1) is 6.92 Å². The minimum absolute atomic E-state index is 0.545. The second-order valence-corrected chi connectivity index (χ2v) is 7.19. The van der Waals surface area contributed by atoms with Crippen LogP contribution >= 0.6 is 0 Å². The van der Waals surface area contributed by atoms with Crippen molar-refractivity contribution in [1.29, 1.82) is 0 Å². The molecule has 0 atom stereocenters. The molecule has 3 heterocycles. The van der Waals surface area contributed by atoms with Crippen LogP contribution in [0.15, 0.2) is 89.9 Å². The van der Waals surface area contributed by atoms with Gasteiger partial charge in [0.1, 0.15) is 17.3 Å². The number of hydrogen-bond donors (Lipinski definition) is 0. The first-order chi connectivity index (χ1) is 15.2. The number of hydrogen-bond acceptors (Lipinski definition) is 5. The van der Waals surface area contributed by atoms with Crippen LogP contribution in [0.5, 0.6) is 11.5 Å². The molecular formula is C25H20N4O2. The minimum atomic E-state index is 0.545. The topological polar surface area (TPSA) is 66.0 Å². The molecule has 5 aromatic rings. The van der Waals surface area contributed by atoms with E-state index in [1.807, 2.05) is 85.4 Å². The average molecular weight is 408 g/mol. The maximum atomic E-state index is 6.12.